The first-order valence-corrected chi connectivity index (χ1v) is 10.2. The second-order valence-corrected chi connectivity index (χ2v) is 9.56. The van der Waals surface area contributed by atoms with E-state index >= 15 is 0 Å². The van der Waals surface area contributed by atoms with Crippen LogP contribution in [0.3, 0.4) is 0 Å². The predicted molar refractivity (Wildman–Crippen MR) is 98.4 cm³/mol. The summed E-state index contributed by atoms with van der Waals surface area (Å²) < 4.78 is 0. The Balaban J connectivity index is 1.33. The van der Waals surface area contributed by atoms with Gasteiger partial charge < -0.3 is 10.4 Å². The monoisotopic (exact) mass is 339 g/mol. The van der Waals surface area contributed by atoms with Crippen LogP contribution in [0.4, 0.5) is 5.69 Å². The fourth-order valence-electron chi connectivity index (χ4n) is 7.04. The minimum Gasteiger partial charge on any atom is -0.390 e. The van der Waals surface area contributed by atoms with Gasteiger partial charge in [-0.1, -0.05) is 12.1 Å². The van der Waals surface area contributed by atoms with Crippen LogP contribution in [0.5, 0.6) is 0 Å². The summed E-state index contributed by atoms with van der Waals surface area (Å²) in [5.74, 6) is 1.44. The van der Waals surface area contributed by atoms with E-state index in [0.717, 1.165) is 50.6 Å². The Hall–Kier alpha value is -1.35. The van der Waals surface area contributed by atoms with Crippen LogP contribution in [0.1, 0.15) is 68.9 Å². The first-order valence-electron chi connectivity index (χ1n) is 10.2. The van der Waals surface area contributed by atoms with Crippen LogP contribution >= 0.6 is 0 Å². The van der Waals surface area contributed by atoms with Crippen molar-refractivity contribution >= 4 is 11.6 Å². The number of benzene rings is 1. The molecule has 2 unspecified atom stereocenters. The molecule has 1 aromatic carbocycles. The van der Waals surface area contributed by atoms with Gasteiger partial charge in [0, 0.05) is 12.1 Å². The fourth-order valence-corrected chi connectivity index (χ4v) is 7.04. The summed E-state index contributed by atoms with van der Waals surface area (Å²) in [7, 11) is 0. The summed E-state index contributed by atoms with van der Waals surface area (Å²) in [5, 5.41) is 14.1. The van der Waals surface area contributed by atoms with E-state index in [2.05, 4.69) is 23.5 Å². The second kappa shape index (κ2) is 5.57. The molecule has 1 amide bonds. The lowest BCUT2D eigenvalue weighted by Gasteiger charge is -2.60. The molecule has 0 aliphatic heterocycles. The first kappa shape index (κ1) is 15.9. The molecule has 5 aliphatic rings. The molecule has 2 atom stereocenters. The molecule has 3 heteroatoms. The van der Waals surface area contributed by atoms with Crippen LogP contribution in [-0.4, -0.2) is 16.6 Å². The molecule has 0 spiro atoms. The van der Waals surface area contributed by atoms with Gasteiger partial charge in [-0.15, -0.1) is 0 Å². The highest BCUT2D eigenvalue weighted by atomic mass is 16.3. The Bertz CT molecular complexity index is 696. The fraction of sp³-hybridized carbons (Fsp3) is 0.682. The first-order chi connectivity index (χ1) is 12.0. The van der Waals surface area contributed by atoms with Crippen molar-refractivity contribution in [3.05, 3.63) is 29.3 Å². The highest BCUT2D eigenvalue weighted by Gasteiger charge is 2.57. The normalized spacial score (nSPS) is 38.4. The maximum atomic E-state index is 12.9. The number of hydrogen-bond acceptors (Lipinski definition) is 2. The molecule has 4 fully saturated rings. The van der Waals surface area contributed by atoms with E-state index in [1.54, 1.807) is 0 Å². The zero-order chi connectivity index (χ0) is 17.1. The van der Waals surface area contributed by atoms with Crippen molar-refractivity contribution in [2.24, 2.45) is 17.3 Å². The third kappa shape index (κ3) is 2.81. The Labute approximate surface area is 150 Å². The van der Waals surface area contributed by atoms with Crippen molar-refractivity contribution in [1.29, 1.82) is 0 Å². The smallest absolute Gasteiger partial charge is 0.224 e. The van der Waals surface area contributed by atoms with Crippen molar-refractivity contribution in [2.45, 2.75) is 76.2 Å². The molecule has 4 bridgehead atoms. The van der Waals surface area contributed by atoms with Gasteiger partial charge in [0.05, 0.1) is 5.60 Å². The van der Waals surface area contributed by atoms with E-state index in [9.17, 15) is 9.90 Å². The molecule has 5 aliphatic carbocycles. The lowest BCUT2D eigenvalue weighted by Crippen LogP contribution is -2.56. The van der Waals surface area contributed by atoms with E-state index in [4.69, 9.17) is 0 Å². The number of anilines is 1. The topological polar surface area (TPSA) is 49.3 Å². The summed E-state index contributed by atoms with van der Waals surface area (Å²) >= 11 is 0. The zero-order valence-corrected chi connectivity index (χ0v) is 15.0. The standard InChI is InChI=1S/C22H29NO2/c24-20(23-19-7-3-5-17-4-1-2-6-18(17)19)13-21-9-15-8-16(10-21)12-22(25,11-15)14-21/h3,5,7,15-16,25H,1-2,4,6,8-14H2,(H,23,24). The number of carbonyl (C=O) groups excluding carboxylic acids is 1. The van der Waals surface area contributed by atoms with Crippen LogP contribution in [0.15, 0.2) is 18.2 Å². The number of fused-ring (bicyclic) bond motifs is 1. The van der Waals surface area contributed by atoms with Crippen LogP contribution in [0.2, 0.25) is 0 Å². The SMILES string of the molecule is O=C(CC12CC3CC(CC(O)(C3)C1)C2)Nc1cccc2c1CCCC2. The number of amides is 1. The van der Waals surface area contributed by atoms with Gasteiger partial charge in [0.15, 0.2) is 0 Å². The van der Waals surface area contributed by atoms with Crippen molar-refractivity contribution in [3.8, 4) is 0 Å². The van der Waals surface area contributed by atoms with Crippen molar-refractivity contribution in [1.82, 2.24) is 0 Å². The highest BCUT2D eigenvalue weighted by molar-refractivity contribution is 5.92. The maximum Gasteiger partial charge on any atom is 0.224 e. The van der Waals surface area contributed by atoms with Gasteiger partial charge >= 0.3 is 0 Å². The van der Waals surface area contributed by atoms with Crippen LogP contribution < -0.4 is 5.32 Å². The van der Waals surface area contributed by atoms with E-state index in [1.807, 2.05) is 0 Å². The van der Waals surface area contributed by atoms with Gasteiger partial charge in [-0.3, -0.25) is 4.79 Å². The number of aryl methyl sites for hydroxylation is 1. The minimum absolute atomic E-state index is 0.0533. The molecule has 0 saturated heterocycles. The molecule has 134 valence electrons. The minimum atomic E-state index is -0.476. The summed E-state index contributed by atoms with van der Waals surface area (Å²) in [6, 6.07) is 6.35. The van der Waals surface area contributed by atoms with Gasteiger partial charge in [0.1, 0.15) is 0 Å². The van der Waals surface area contributed by atoms with Crippen LogP contribution in [-0.2, 0) is 17.6 Å². The predicted octanol–water partition coefficient (Wildman–Crippen LogP) is 4.23. The molecule has 4 saturated carbocycles. The van der Waals surface area contributed by atoms with E-state index in [1.165, 1.54) is 30.4 Å². The van der Waals surface area contributed by atoms with E-state index in [-0.39, 0.29) is 11.3 Å². The highest BCUT2D eigenvalue weighted by Crippen LogP contribution is 2.62. The van der Waals surface area contributed by atoms with Crippen molar-refractivity contribution in [2.75, 3.05) is 5.32 Å². The molecule has 6 rings (SSSR count). The van der Waals surface area contributed by atoms with Gasteiger partial charge in [0.2, 0.25) is 5.91 Å². The molecule has 0 aromatic heterocycles. The third-order valence-electron chi connectivity index (χ3n) is 7.36. The summed E-state index contributed by atoms with van der Waals surface area (Å²) in [6.07, 6.45) is 11.6. The molecular formula is C22H29NO2. The number of hydrogen-bond donors (Lipinski definition) is 2. The van der Waals surface area contributed by atoms with Gasteiger partial charge in [-0.05, 0) is 98.7 Å². The lowest BCUT2D eigenvalue weighted by atomic mass is 9.47. The zero-order valence-electron chi connectivity index (χ0n) is 15.0. The summed E-state index contributed by atoms with van der Waals surface area (Å²) in [6.45, 7) is 0. The molecule has 25 heavy (non-hydrogen) atoms. The van der Waals surface area contributed by atoms with E-state index in [0.29, 0.717) is 18.3 Å². The summed E-state index contributed by atoms with van der Waals surface area (Å²) in [5.41, 5.74) is 3.37. The summed E-state index contributed by atoms with van der Waals surface area (Å²) in [4.78, 5) is 12.9. The van der Waals surface area contributed by atoms with E-state index < -0.39 is 5.60 Å². The van der Waals surface area contributed by atoms with Gasteiger partial charge in [-0.2, -0.15) is 0 Å². The number of carbonyl (C=O) groups is 1. The van der Waals surface area contributed by atoms with Crippen LogP contribution in [0, 0.1) is 17.3 Å². The quantitative estimate of drug-likeness (QED) is 0.866. The molecule has 3 nitrogen and oxygen atoms in total. The van der Waals surface area contributed by atoms with Crippen molar-refractivity contribution < 1.29 is 9.90 Å². The Kier molecular flexibility index (Phi) is 3.54. The largest absolute Gasteiger partial charge is 0.390 e. The van der Waals surface area contributed by atoms with Crippen LogP contribution in [0.25, 0.3) is 0 Å². The lowest BCUT2D eigenvalue weighted by molar-refractivity contribution is -0.167. The molecule has 1 aromatic rings. The Morgan fingerprint density at radius 3 is 2.64 bits per heavy atom. The molecular weight excluding hydrogens is 310 g/mol. The number of rotatable bonds is 3. The van der Waals surface area contributed by atoms with Gasteiger partial charge in [-0.25, -0.2) is 0 Å². The second-order valence-electron chi connectivity index (χ2n) is 9.56. The maximum absolute atomic E-state index is 12.9. The third-order valence-corrected chi connectivity index (χ3v) is 7.36. The number of nitrogens with one attached hydrogen (secondary N) is 1. The average molecular weight is 339 g/mol. The Morgan fingerprint density at radius 1 is 1.12 bits per heavy atom. The molecule has 0 radical (unpaired) electrons. The average Bonchev–Trinajstić information content (AvgIpc) is 2.52. The molecule has 2 N–H and O–H groups in total. The number of aliphatic hydroxyl groups is 1. The van der Waals surface area contributed by atoms with Gasteiger partial charge in [0.25, 0.3) is 0 Å². The Morgan fingerprint density at radius 2 is 1.88 bits per heavy atom. The molecule has 0 heterocycles. The van der Waals surface area contributed by atoms with Crippen molar-refractivity contribution in [3.63, 3.8) is 0 Å².